The first kappa shape index (κ1) is 15.0. The summed E-state index contributed by atoms with van der Waals surface area (Å²) in [4.78, 5) is 3.92. The van der Waals surface area contributed by atoms with Crippen LogP contribution in [0.5, 0.6) is 0 Å². The zero-order chi connectivity index (χ0) is 14.8. The minimum atomic E-state index is -3.69. The minimum absolute atomic E-state index is 0.0305. The number of sulfonamides is 1. The zero-order valence-electron chi connectivity index (χ0n) is 10.8. The molecule has 0 aliphatic carbocycles. The topological polar surface area (TPSA) is 85.1 Å². The highest BCUT2D eigenvalue weighted by molar-refractivity contribution is 9.10. The van der Waals surface area contributed by atoms with Gasteiger partial charge in [0.1, 0.15) is 0 Å². The van der Waals surface area contributed by atoms with Crippen LogP contribution in [0, 0.1) is 6.92 Å². The number of benzene rings is 1. The molecule has 0 saturated carbocycles. The number of aromatic nitrogens is 1. The van der Waals surface area contributed by atoms with E-state index in [2.05, 4.69) is 25.6 Å². The van der Waals surface area contributed by atoms with Gasteiger partial charge in [0.15, 0.2) is 5.03 Å². The van der Waals surface area contributed by atoms with Crippen molar-refractivity contribution in [1.82, 2.24) is 4.98 Å². The highest BCUT2D eigenvalue weighted by Crippen LogP contribution is 2.22. The van der Waals surface area contributed by atoms with Crippen LogP contribution in [0.3, 0.4) is 0 Å². The van der Waals surface area contributed by atoms with Gasteiger partial charge in [0.2, 0.25) is 0 Å². The lowest BCUT2D eigenvalue weighted by molar-refractivity contribution is 0.597. The Balaban J connectivity index is 2.30. The molecule has 0 bridgehead atoms. The molecule has 0 fully saturated rings. The van der Waals surface area contributed by atoms with E-state index in [1.165, 1.54) is 12.3 Å². The number of nitrogens with one attached hydrogen (secondary N) is 1. The summed E-state index contributed by atoms with van der Waals surface area (Å²) in [5.41, 5.74) is 7.58. The third-order valence-electron chi connectivity index (χ3n) is 2.74. The third kappa shape index (κ3) is 3.36. The summed E-state index contributed by atoms with van der Waals surface area (Å²) >= 11 is 3.34. The van der Waals surface area contributed by atoms with Crippen molar-refractivity contribution in [3.05, 3.63) is 52.1 Å². The molecule has 0 saturated heterocycles. The maximum atomic E-state index is 12.2. The first-order chi connectivity index (χ1) is 9.42. The van der Waals surface area contributed by atoms with E-state index in [1.807, 2.05) is 13.0 Å². The monoisotopic (exact) mass is 355 g/mol. The Morgan fingerprint density at radius 2 is 2.05 bits per heavy atom. The Bertz CT molecular complexity index is 715. The van der Waals surface area contributed by atoms with Crippen LogP contribution in [0.1, 0.15) is 11.1 Å². The van der Waals surface area contributed by atoms with Crippen LogP contribution in [-0.4, -0.2) is 13.4 Å². The molecule has 1 heterocycles. The van der Waals surface area contributed by atoms with Crippen molar-refractivity contribution in [1.29, 1.82) is 0 Å². The summed E-state index contributed by atoms with van der Waals surface area (Å²) in [6.07, 6.45) is 1.46. The molecule has 7 heteroatoms. The number of nitrogens with two attached hydrogens (primary N) is 1. The number of nitrogens with zero attached hydrogens (tertiary/aromatic N) is 1. The molecule has 0 unspecified atom stereocenters. The van der Waals surface area contributed by atoms with Crippen molar-refractivity contribution in [2.75, 3.05) is 4.72 Å². The highest BCUT2D eigenvalue weighted by atomic mass is 79.9. The van der Waals surface area contributed by atoms with Gasteiger partial charge in [-0.25, -0.2) is 4.98 Å². The molecule has 0 aliphatic rings. The van der Waals surface area contributed by atoms with Crippen molar-refractivity contribution in [3.8, 4) is 0 Å². The maximum absolute atomic E-state index is 12.2. The number of pyridine rings is 1. The van der Waals surface area contributed by atoms with Gasteiger partial charge in [-0.3, -0.25) is 4.72 Å². The van der Waals surface area contributed by atoms with Crippen LogP contribution < -0.4 is 10.5 Å². The second-order valence-electron chi connectivity index (χ2n) is 4.27. The molecule has 106 valence electrons. The normalized spacial score (nSPS) is 11.3. The van der Waals surface area contributed by atoms with Gasteiger partial charge in [-0.15, -0.1) is 0 Å². The summed E-state index contributed by atoms with van der Waals surface area (Å²) in [6, 6.07) is 8.40. The van der Waals surface area contributed by atoms with E-state index < -0.39 is 10.0 Å². The Labute approximate surface area is 126 Å². The van der Waals surface area contributed by atoms with E-state index in [9.17, 15) is 8.42 Å². The summed E-state index contributed by atoms with van der Waals surface area (Å²) in [6.45, 7) is 2.15. The largest absolute Gasteiger partial charge is 0.326 e. The van der Waals surface area contributed by atoms with Crippen molar-refractivity contribution in [3.63, 3.8) is 0 Å². The van der Waals surface area contributed by atoms with Gasteiger partial charge in [-0.1, -0.05) is 22.0 Å². The third-order valence-corrected chi connectivity index (χ3v) is 4.52. The Kier molecular flexibility index (Phi) is 4.42. The average Bonchev–Trinajstić information content (AvgIpc) is 2.42. The van der Waals surface area contributed by atoms with E-state index in [0.717, 1.165) is 15.6 Å². The minimum Gasteiger partial charge on any atom is -0.326 e. The summed E-state index contributed by atoms with van der Waals surface area (Å²) in [5.74, 6) is 0. The van der Waals surface area contributed by atoms with Gasteiger partial charge < -0.3 is 5.73 Å². The molecule has 2 aromatic rings. The average molecular weight is 356 g/mol. The molecule has 1 aromatic carbocycles. The number of rotatable bonds is 4. The number of hydrogen-bond donors (Lipinski definition) is 2. The Morgan fingerprint density at radius 1 is 1.30 bits per heavy atom. The highest BCUT2D eigenvalue weighted by Gasteiger charge is 2.16. The quantitative estimate of drug-likeness (QED) is 0.881. The first-order valence-electron chi connectivity index (χ1n) is 5.86. The molecule has 2 rings (SSSR count). The molecule has 0 aliphatic heterocycles. The van der Waals surface area contributed by atoms with Crippen LogP contribution >= 0.6 is 15.9 Å². The second-order valence-corrected chi connectivity index (χ2v) is 6.82. The van der Waals surface area contributed by atoms with E-state index >= 15 is 0 Å². The predicted molar refractivity (Wildman–Crippen MR) is 81.8 cm³/mol. The SMILES string of the molecule is Cc1cc(Br)ccc1NS(=O)(=O)c1ccc(CN)cn1. The summed E-state index contributed by atoms with van der Waals surface area (Å²) in [7, 11) is -3.69. The fourth-order valence-electron chi connectivity index (χ4n) is 1.63. The molecule has 20 heavy (non-hydrogen) atoms. The van der Waals surface area contributed by atoms with Gasteiger partial charge >= 0.3 is 0 Å². The molecule has 3 N–H and O–H groups in total. The predicted octanol–water partition coefficient (Wildman–Crippen LogP) is 2.41. The lowest BCUT2D eigenvalue weighted by Gasteiger charge is -2.10. The van der Waals surface area contributed by atoms with Crippen LogP contribution in [0.2, 0.25) is 0 Å². The van der Waals surface area contributed by atoms with E-state index in [4.69, 9.17) is 5.73 Å². The number of anilines is 1. The molecular weight excluding hydrogens is 342 g/mol. The lowest BCUT2D eigenvalue weighted by atomic mass is 10.2. The molecule has 1 aromatic heterocycles. The van der Waals surface area contributed by atoms with Crippen molar-refractivity contribution in [2.24, 2.45) is 5.73 Å². The fourth-order valence-corrected chi connectivity index (χ4v) is 3.17. The van der Waals surface area contributed by atoms with E-state index in [0.29, 0.717) is 12.2 Å². The van der Waals surface area contributed by atoms with Crippen molar-refractivity contribution < 1.29 is 8.42 Å². The number of aryl methyl sites for hydroxylation is 1. The van der Waals surface area contributed by atoms with Crippen LogP contribution in [0.15, 0.2) is 46.0 Å². The second kappa shape index (κ2) is 5.90. The Hall–Kier alpha value is -1.44. The summed E-state index contributed by atoms with van der Waals surface area (Å²) in [5, 5.41) is -0.0305. The van der Waals surface area contributed by atoms with Crippen LogP contribution in [0.25, 0.3) is 0 Å². The van der Waals surface area contributed by atoms with Crippen molar-refractivity contribution >= 4 is 31.6 Å². The van der Waals surface area contributed by atoms with E-state index in [1.54, 1.807) is 18.2 Å². The molecular formula is C13H14BrN3O2S. The molecule has 5 nitrogen and oxygen atoms in total. The first-order valence-corrected chi connectivity index (χ1v) is 8.14. The molecule has 0 atom stereocenters. The van der Waals surface area contributed by atoms with Gasteiger partial charge in [-0.05, 0) is 42.3 Å². The molecule has 0 radical (unpaired) electrons. The molecule has 0 spiro atoms. The smallest absolute Gasteiger partial charge is 0.279 e. The van der Waals surface area contributed by atoms with Gasteiger partial charge in [0.25, 0.3) is 10.0 Å². The van der Waals surface area contributed by atoms with E-state index in [-0.39, 0.29) is 5.03 Å². The van der Waals surface area contributed by atoms with Crippen molar-refractivity contribution in [2.45, 2.75) is 18.5 Å². The lowest BCUT2D eigenvalue weighted by Crippen LogP contribution is -2.15. The standard InChI is InChI=1S/C13H14BrN3O2S/c1-9-6-11(14)3-4-12(9)17-20(18,19)13-5-2-10(7-15)8-16-13/h2-6,8,17H,7,15H2,1H3. The number of hydrogen-bond acceptors (Lipinski definition) is 4. The van der Waals surface area contributed by atoms with Gasteiger partial charge in [0.05, 0.1) is 5.69 Å². The maximum Gasteiger partial charge on any atom is 0.279 e. The van der Waals surface area contributed by atoms with Gasteiger partial charge in [0, 0.05) is 17.2 Å². The summed E-state index contributed by atoms with van der Waals surface area (Å²) < 4.78 is 27.9. The molecule has 0 amide bonds. The van der Waals surface area contributed by atoms with Gasteiger partial charge in [-0.2, -0.15) is 8.42 Å². The zero-order valence-corrected chi connectivity index (χ0v) is 13.2. The fraction of sp³-hybridized carbons (Fsp3) is 0.154. The van der Waals surface area contributed by atoms with Crippen LogP contribution in [-0.2, 0) is 16.6 Å². The number of halogens is 1. The Morgan fingerprint density at radius 3 is 2.60 bits per heavy atom. The van der Waals surface area contributed by atoms with Crippen LogP contribution in [0.4, 0.5) is 5.69 Å².